The fraction of sp³-hybridized carbons (Fsp3) is 0.364. The van der Waals surface area contributed by atoms with Crippen molar-refractivity contribution in [2.45, 2.75) is 25.7 Å². The summed E-state index contributed by atoms with van der Waals surface area (Å²) in [6, 6.07) is 4.31. The highest BCUT2D eigenvalue weighted by molar-refractivity contribution is 9.11. The average molecular weight is 315 g/mol. The third kappa shape index (κ3) is 1.62. The molecule has 0 aliphatic heterocycles. The molecule has 0 spiro atoms. The summed E-state index contributed by atoms with van der Waals surface area (Å²) >= 11 is 6.96. The number of rotatable bonds is 0. The molecule has 0 fully saturated rings. The van der Waals surface area contributed by atoms with Crippen LogP contribution in [0.5, 0.6) is 0 Å². The first kappa shape index (κ1) is 10.2. The number of nitriles is 1. The van der Waals surface area contributed by atoms with Crippen LogP contribution in [0.1, 0.15) is 29.5 Å². The second-order valence-electron chi connectivity index (χ2n) is 3.50. The molecule has 3 heteroatoms. The van der Waals surface area contributed by atoms with E-state index >= 15 is 0 Å². The van der Waals surface area contributed by atoms with Crippen LogP contribution in [0.3, 0.4) is 0 Å². The van der Waals surface area contributed by atoms with Crippen molar-refractivity contribution in [1.82, 2.24) is 0 Å². The molecule has 1 aromatic carbocycles. The highest BCUT2D eigenvalue weighted by atomic mass is 79.9. The van der Waals surface area contributed by atoms with Gasteiger partial charge in [0.1, 0.15) is 6.07 Å². The second kappa shape index (κ2) is 4.04. The summed E-state index contributed by atoms with van der Waals surface area (Å²) in [5, 5.41) is 8.99. The molecule has 1 aliphatic carbocycles. The van der Waals surface area contributed by atoms with Gasteiger partial charge in [-0.25, -0.2) is 0 Å². The molecule has 0 saturated heterocycles. The average Bonchev–Trinajstić information content (AvgIpc) is 2.18. The molecule has 0 aromatic heterocycles. The van der Waals surface area contributed by atoms with Gasteiger partial charge in [-0.15, -0.1) is 0 Å². The Bertz CT molecular complexity index is 418. The van der Waals surface area contributed by atoms with E-state index in [0.717, 1.165) is 27.4 Å². The molecule has 0 N–H and O–H groups in total. The Hall–Kier alpha value is -0.330. The standard InChI is InChI=1S/C11H9Br2N/c12-10-5-7-3-1-2-4-8(7)11(13)9(10)6-14/h5H,1-4H2. The zero-order chi connectivity index (χ0) is 10.1. The monoisotopic (exact) mass is 313 g/mol. The third-order valence-electron chi connectivity index (χ3n) is 2.65. The lowest BCUT2D eigenvalue weighted by molar-refractivity contribution is 0.682. The normalized spacial score (nSPS) is 14.6. The lowest BCUT2D eigenvalue weighted by Crippen LogP contribution is -2.05. The Morgan fingerprint density at radius 2 is 1.93 bits per heavy atom. The van der Waals surface area contributed by atoms with Gasteiger partial charge in [0, 0.05) is 8.95 Å². The number of hydrogen-bond acceptors (Lipinski definition) is 1. The molecule has 2 rings (SSSR count). The van der Waals surface area contributed by atoms with Crippen LogP contribution >= 0.6 is 31.9 Å². The van der Waals surface area contributed by atoms with Crippen LogP contribution in [0.4, 0.5) is 0 Å². The summed E-state index contributed by atoms with van der Waals surface area (Å²) in [6.07, 6.45) is 4.73. The Balaban J connectivity index is 2.65. The van der Waals surface area contributed by atoms with Gasteiger partial charge in [-0.1, -0.05) is 0 Å². The van der Waals surface area contributed by atoms with E-state index < -0.39 is 0 Å². The molecule has 0 unspecified atom stereocenters. The molecule has 14 heavy (non-hydrogen) atoms. The van der Waals surface area contributed by atoms with E-state index in [1.165, 1.54) is 24.0 Å². The molecule has 72 valence electrons. The Kier molecular flexibility index (Phi) is 2.94. The van der Waals surface area contributed by atoms with Crippen LogP contribution in [0.25, 0.3) is 0 Å². The summed E-state index contributed by atoms with van der Waals surface area (Å²) in [5.41, 5.74) is 3.44. The summed E-state index contributed by atoms with van der Waals surface area (Å²) in [4.78, 5) is 0. The Morgan fingerprint density at radius 1 is 1.21 bits per heavy atom. The van der Waals surface area contributed by atoms with Gasteiger partial charge < -0.3 is 0 Å². The van der Waals surface area contributed by atoms with Crippen LogP contribution < -0.4 is 0 Å². The molecular weight excluding hydrogens is 306 g/mol. The number of hydrogen-bond donors (Lipinski definition) is 0. The molecule has 0 bridgehead atoms. The van der Waals surface area contributed by atoms with E-state index in [9.17, 15) is 0 Å². The van der Waals surface area contributed by atoms with Gasteiger partial charge in [-0.05, 0) is 74.7 Å². The molecular formula is C11H9Br2N. The topological polar surface area (TPSA) is 23.8 Å². The van der Waals surface area contributed by atoms with E-state index in [1.54, 1.807) is 0 Å². The lowest BCUT2D eigenvalue weighted by atomic mass is 9.90. The molecule has 0 amide bonds. The number of fused-ring (bicyclic) bond motifs is 1. The maximum absolute atomic E-state index is 8.99. The zero-order valence-corrected chi connectivity index (χ0v) is 10.8. The smallest absolute Gasteiger partial charge is 0.102 e. The predicted molar refractivity (Wildman–Crippen MR) is 63.2 cm³/mol. The lowest BCUT2D eigenvalue weighted by Gasteiger charge is -2.18. The van der Waals surface area contributed by atoms with Gasteiger partial charge >= 0.3 is 0 Å². The van der Waals surface area contributed by atoms with E-state index in [-0.39, 0.29) is 0 Å². The first-order valence-electron chi connectivity index (χ1n) is 4.64. The number of halogens is 2. The largest absolute Gasteiger partial charge is 0.192 e. The minimum atomic E-state index is 0.727. The predicted octanol–water partition coefficient (Wildman–Crippen LogP) is 3.96. The molecule has 1 aliphatic rings. The quantitative estimate of drug-likeness (QED) is 0.711. The molecule has 1 aromatic rings. The zero-order valence-electron chi connectivity index (χ0n) is 7.61. The van der Waals surface area contributed by atoms with Crippen molar-refractivity contribution in [1.29, 1.82) is 5.26 Å². The van der Waals surface area contributed by atoms with E-state index in [2.05, 4.69) is 44.0 Å². The Morgan fingerprint density at radius 3 is 2.64 bits per heavy atom. The maximum atomic E-state index is 8.99. The number of aryl methyl sites for hydroxylation is 1. The van der Waals surface area contributed by atoms with E-state index in [4.69, 9.17) is 5.26 Å². The highest BCUT2D eigenvalue weighted by Crippen LogP contribution is 2.35. The summed E-state index contributed by atoms with van der Waals surface area (Å²) < 4.78 is 1.90. The van der Waals surface area contributed by atoms with Gasteiger partial charge in [0.2, 0.25) is 0 Å². The van der Waals surface area contributed by atoms with Crippen LogP contribution in [-0.2, 0) is 12.8 Å². The summed E-state index contributed by atoms with van der Waals surface area (Å²) in [6.45, 7) is 0. The number of benzene rings is 1. The fourth-order valence-corrected chi connectivity index (χ4v) is 3.51. The first-order valence-corrected chi connectivity index (χ1v) is 6.22. The Labute approximate surface area is 100 Å². The second-order valence-corrected chi connectivity index (χ2v) is 5.15. The highest BCUT2D eigenvalue weighted by Gasteiger charge is 2.17. The molecule has 0 saturated carbocycles. The van der Waals surface area contributed by atoms with Gasteiger partial charge in [-0.3, -0.25) is 0 Å². The van der Waals surface area contributed by atoms with Crippen molar-refractivity contribution < 1.29 is 0 Å². The van der Waals surface area contributed by atoms with E-state index in [0.29, 0.717) is 0 Å². The molecule has 0 atom stereocenters. The van der Waals surface area contributed by atoms with Gasteiger partial charge in [0.05, 0.1) is 5.56 Å². The van der Waals surface area contributed by atoms with Crippen LogP contribution in [0.2, 0.25) is 0 Å². The summed E-state index contributed by atoms with van der Waals surface area (Å²) in [5.74, 6) is 0. The van der Waals surface area contributed by atoms with Crippen molar-refractivity contribution in [3.8, 4) is 6.07 Å². The van der Waals surface area contributed by atoms with Crippen LogP contribution in [-0.4, -0.2) is 0 Å². The van der Waals surface area contributed by atoms with Crippen LogP contribution in [0.15, 0.2) is 15.0 Å². The van der Waals surface area contributed by atoms with Crippen LogP contribution in [0, 0.1) is 11.3 Å². The maximum Gasteiger partial charge on any atom is 0.102 e. The summed E-state index contributed by atoms with van der Waals surface area (Å²) in [7, 11) is 0. The molecule has 0 heterocycles. The third-order valence-corrected chi connectivity index (χ3v) is 4.15. The van der Waals surface area contributed by atoms with E-state index in [1.807, 2.05) is 0 Å². The van der Waals surface area contributed by atoms with Crippen molar-refractivity contribution >= 4 is 31.9 Å². The molecule has 0 radical (unpaired) electrons. The SMILES string of the molecule is N#Cc1c(Br)cc2c(c1Br)CCCC2. The van der Waals surface area contributed by atoms with Crippen molar-refractivity contribution in [3.63, 3.8) is 0 Å². The molecule has 1 nitrogen and oxygen atoms in total. The number of nitrogens with zero attached hydrogens (tertiary/aromatic N) is 1. The fourth-order valence-electron chi connectivity index (χ4n) is 1.92. The van der Waals surface area contributed by atoms with Crippen molar-refractivity contribution in [2.24, 2.45) is 0 Å². The first-order chi connectivity index (χ1) is 6.74. The van der Waals surface area contributed by atoms with Gasteiger partial charge in [0.15, 0.2) is 0 Å². The van der Waals surface area contributed by atoms with Crippen molar-refractivity contribution in [3.05, 3.63) is 31.7 Å². The minimum absolute atomic E-state index is 0.727. The minimum Gasteiger partial charge on any atom is -0.192 e. The van der Waals surface area contributed by atoms with Crippen molar-refractivity contribution in [2.75, 3.05) is 0 Å². The van der Waals surface area contributed by atoms with Gasteiger partial charge in [0.25, 0.3) is 0 Å². The van der Waals surface area contributed by atoms with Gasteiger partial charge in [-0.2, -0.15) is 5.26 Å².